The van der Waals surface area contributed by atoms with E-state index in [1.807, 2.05) is 44.4 Å². The van der Waals surface area contributed by atoms with E-state index in [1.54, 1.807) is 10.6 Å². The maximum absolute atomic E-state index is 12.0. The van der Waals surface area contributed by atoms with E-state index < -0.39 is 0 Å². The van der Waals surface area contributed by atoms with E-state index in [4.69, 9.17) is 9.47 Å². The molecule has 3 rings (SSSR count). The fraction of sp³-hybridized carbons (Fsp3) is 0.312. The van der Waals surface area contributed by atoms with Crippen LogP contribution in [-0.4, -0.2) is 18.4 Å². The smallest absolute Gasteiger partial charge is 0.250 e. The number of aromatic nitrogens is 1. The molecule has 1 N–H and O–H groups in total. The van der Waals surface area contributed by atoms with Crippen molar-refractivity contribution in [2.75, 3.05) is 13.8 Å². The van der Waals surface area contributed by atoms with Crippen molar-refractivity contribution in [2.45, 2.75) is 19.5 Å². The maximum Gasteiger partial charge on any atom is 0.250 e. The molecule has 110 valence electrons. The quantitative estimate of drug-likeness (QED) is 0.932. The first kappa shape index (κ1) is 13.7. The Hall–Kier alpha value is -2.27. The third-order valence-electron chi connectivity index (χ3n) is 3.68. The second kappa shape index (κ2) is 5.61. The summed E-state index contributed by atoms with van der Waals surface area (Å²) < 4.78 is 12.4. The number of hydrogen-bond acceptors (Lipinski definition) is 4. The van der Waals surface area contributed by atoms with Crippen LogP contribution in [0.5, 0.6) is 11.5 Å². The Labute approximate surface area is 123 Å². The van der Waals surface area contributed by atoms with Crippen molar-refractivity contribution in [3.05, 3.63) is 58.0 Å². The number of likely N-dealkylation sites (N-methyl/N-ethyl adjacent to an activating group) is 1. The molecular weight excluding hydrogens is 268 g/mol. The minimum Gasteiger partial charge on any atom is -0.454 e. The zero-order valence-electron chi connectivity index (χ0n) is 12.1. The summed E-state index contributed by atoms with van der Waals surface area (Å²) in [6, 6.07) is 9.47. The molecule has 0 saturated carbocycles. The molecule has 21 heavy (non-hydrogen) atoms. The summed E-state index contributed by atoms with van der Waals surface area (Å²) in [5.41, 5.74) is 2.05. The third kappa shape index (κ3) is 2.78. The summed E-state index contributed by atoms with van der Waals surface area (Å²) in [7, 11) is 1.88. The molecule has 1 aromatic heterocycles. The van der Waals surface area contributed by atoms with Crippen LogP contribution in [0, 0.1) is 6.92 Å². The molecule has 0 spiro atoms. The molecular formula is C16H18N2O3. The van der Waals surface area contributed by atoms with Gasteiger partial charge in [0.1, 0.15) is 0 Å². The molecule has 1 aliphatic heterocycles. The third-order valence-corrected chi connectivity index (χ3v) is 3.68. The standard InChI is InChI=1S/C16H18N2O3/c1-11-5-6-18(16(19)7-11)9-13(17-2)12-3-4-14-15(8-12)21-10-20-14/h3-8,13,17H,9-10H2,1-2H3. The Bertz CT molecular complexity index is 709. The number of pyridine rings is 1. The van der Waals surface area contributed by atoms with Crippen molar-refractivity contribution < 1.29 is 9.47 Å². The van der Waals surface area contributed by atoms with Crippen LogP contribution in [0.3, 0.4) is 0 Å². The van der Waals surface area contributed by atoms with Crippen LogP contribution in [0.25, 0.3) is 0 Å². The lowest BCUT2D eigenvalue weighted by Gasteiger charge is -2.18. The fourth-order valence-electron chi connectivity index (χ4n) is 2.45. The molecule has 1 aliphatic rings. The van der Waals surface area contributed by atoms with Crippen molar-refractivity contribution >= 4 is 0 Å². The number of nitrogens with one attached hydrogen (secondary N) is 1. The van der Waals surface area contributed by atoms with Gasteiger partial charge in [0, 0.05) is 18.8 Å². The van der Waals surface area contributed by atoms with Gasteiger partial charge < -0.3 is 19.4 Å². The molecule has 0 bridgehead atoms. The first-order valence-corrected chi connectivity index (χ1v) is 6.91. The average molecular weight is 286 g/mol. The van der Waals surface area contributed by atoms with Gasteiger partial charge in [-0.2, -0.15) is 0 Å². The fourth-order valence-corrected chi connectivity index (χ4v) is 2.45. The van der Waals surface area contributed by atoms with Gasteiger partial charge in [0.2, 0.25) is 6.79 Å². The van der Waals surface area contributed by atoms with E-state index in [9.17, 15) is 4.79 Å². The van der Waals surface area contributed by atoms with Crippen molar-refractivity contribution in [1.82, 2.24) is 9.88 Å². The van der Waals surface area contributed by atoms with Gasteiger partial charge in [-0.15, -0.1) is 0 Å². The molecule has 1 unspecified atom stereocenters. The van der Waals surface area contributed by atoms with Crippen molar-refractivity contribution in [1.29, 1.82) is 0 Å². The highest BCUT2D eigenvalue weighted by Gasteiger charge is 2.17. The summed E-state index contributed by atoms with van der Waals surface area (Å²) in [6.07, 6.45) is 1.83. The summed E-state index contributed by atoms with van der Waals surface area (Å²) in [5.74, 6) is 1.52. The van der Waals surface area contributed by atoms with E-state index in [0.717, 1.165) is 22.6 Å². The van der Waals surface area contributed by atoms with Gasteiger partial charge in [-0.3, -0.25) is 4.79 Å². The number of fused-ring (bicyclic) bond motifs is 1. The molecule has 5 nitrogen and oxygen atoms in total. The molecule has 2 heterocycles. The van der Waals surface area contributed by atoms with Crippen LogP contribution in [0.1, 0.15) is 17.2 Å². The number of hydrogen-bond donors (Lipinski definition) is 1. The van der Waals surface area contributed by atoms with E-state index in [2.05, 4.69) is 5.32 Å². The number of rotatable bonds is 4. The van der Waals surface area contributed by atoms with Crippen LogP contribution in [0.2, 0.25) is 0 Å². The summed E-state index contributed by atoms with van der Waals surface area (Å²) in [6.45, 7) is 2.74. The van der Waals surface area contributed by atoms with Crippen molar-refractivity contribution in [2.24, 2.45) is 0 Å². The normalized spacial score (nSPS) is 14.2. The number of ether oxygens (including phenoxy) is 2. The predicted octanol–water partition coefficient (Wildman–Crippen LogP) is 1.85. The lowest BCUT2D eigenvalue weighted by atomic mass is 10.1. The van der Waals surface area contributed by atoms with Gasteiger partial charge in [0.05, 0.1) is 6.04 Å². The highest BCUT2D eigenvalue weighted by atomic mass is 16.7. The van der Waals surface area contributed by atoms with Crippen LogP contribution < -0.4 is 20.3 Å². The lowest BCUT2D eigenvalue weighted by Crippen LogP contribution is -2.28. The van der Waals surface area contributed by atoms with Crippen molar-refractivity contribution in [3.63, 3.8) is 0 Å². The molecule has 0 fully saturated rings. The topological polar surface area (TPSA) is 52.5 Å². The Balaban J connectivity index is 1.86. The van der Waals surface area contributed by atoms with Crippen LogP contribution in [-0.2, 0) is 6.54 Å². The predicted molar refractivity (Wildman–Crippen MR) is 79.8 cm³/mol. The summed E-state index contributed by atoms with van der Waals surface area (Å²) >= 11 is 0. The van der Waals surface area contributed by atoms with Crippen LogP contribution in [0.15, 0.2) is 41.3 Å². The van der Waals surface area contributed by atoms with Crippen LogP contribution in [0.4, 0.5) is 0 Å². The number of aryl methyl sites for hydroxylation is 1. The molecule has 5 heteroatoms. The Morgan fingerprint density at radius 2 is 2.05 bits per heavy atom. The van der Waals surface area contributed by atoms with Crippen molar-refractivity contribution in [3.8, 4) is 11.5 Å². The largest absolute Gasteiger partial charge is 0.454 e. The monoisotopic (exact) mass is 286 g/mol. The zero-order chi connectivity index (χ0) is 14.8. The molecule has 2 aromatic rings. The molecule has 0 aliphatic carbocycles. The highest BCUT2D eigenvalue weighted by molar-refractivity contribution is 5.45. The van der Waals surface area contributed by atoms with Crippen LogP contribution >= 0.6 is 0 Å². The molecule has 0 amide bonds. The van der Waals surface area contributed by atoms with Gasteiger partial charge in [0.25, 0.3) is 5.56 Å². The summed E-state index contributed by atoms with van der Waals surface area (Å²) in [4.78, 5) is 12.0. The molecule has 1 atom stereocenters. The number of nitrogens with zero attached hydrogens (tertiary/aromatic N) is 1. The Morgan fingerprint density at radius 3 is 2.81 bits per heavy atom. The molecule has 1 aromatic carbocycles. The zero-order valence-corrected chi connectivity index (χ0v) is 12.1. The minimum absolute atomic E-state index is 0.0102. The minimum atomic E-state index is 0.0102. The van der Waals surface area contributed by atoms with Gasteiger partial charge in [-0.1, -0.05) is 6.07 Å². The SMILES string of the molecule is CNC(Cn1ccc(C)cc1=O)c1ccc2c(c1)OCO2. The van der Waals surface area contributed by atoms with Gasteiger partial charge in [-0.05, 0) is 43.3 Å². The van der Waals surface area contributed by atoms with Gasteiger partial charge in [-0.25, -0.2) is 0 Å². The first-order chi connectivity index (χ1) is 10.2. The second-order valence-corrected chi connectivity index (χ2v) is 5.15. The van der Waals surface area contributed by atoms with E-state index in [1.165, 1.54) is 0 Å². The number of benzene rings is 1. The maximum atomic E-state index is 12.0. The van der Waals surface area contributed by atoms with E-state index in [-0.39, 0.29) is 18.4 Å². The molecule has 0 saturated heterocycles. The first-order valence-electron chi connectivity index (χ1n) is 6.91. The van der Waals surface area contributed by atoms with Gasteiger partial charge in [0.15, 0.2) is 11.5 Å². The average Bonchev–Trinajstić information content (AvgIpc) is 2.94. The second-order valence-electron chi connectivity index (χ2n) is 5.15. The summed E-state index contributed by atoms with van der Waals surface area (Å²) in [5, 5.41) is 3.24. The lowest BCUT2D eigenvalue weighted by molar-refractivity contribution is 0.174. The van der Waals surface area contributed by atoms with E-state index in [0.29, 0.717) is 6.54 Å². The van der Waals surface area contributed by atoms with E-state index >= 15 is 0 Å². The Morgan fingerprint density at radius 1 is 1.24 bits per heavy atom. The molecule has 0 radical (unpaired) electrons. The Kier molecular flexibility index (Phi) is 3.66. The van der Waals surface area contributed by atoms with Gasteiger partial charge >= 0.3 is 0 Å². The highest BCUT2D eigenvalue weighted by Crippen LogP contribution is 2.34.